The van der Waals surface area contributed by atoms with Gasteiger partial charge in [-0.3, -0.25) is 0 Å². The second-order valence-electron chi connectivity index (χ2n) is 9.65. The van der Waals surface area contributed by atoms with Crippen LogP contribution in [0.5, 0.6) is 23.0 Å². The Kier molecular flexibility index (Phi) is 14.4. The molecule has 0 saturated heterocycles. The zero-order chi connectivity index (χ0) is 30.9. The van der Waals surface area contributed by atoms with Gasteiger partial charge in [-0.2, -0.15) is 0 Å². The first-order valence-corrected chi connectivity index (χ1v) is 14.2. The van der Waals surface area contributed by atoms with Gasteiger partial charge in [0.05, 0.1) is 54.9 Å². The molecule has 0 aliphatic rings. The molecule has 0 heterocycles. The molecule has 0 N–H and O–H groups in total. The van der Waals surface area contributed by atoms with E-state index in [9.17, 15) is 0 Å². The molecule has 7 heteroatoms. The van der Waals surface area contributed by atoms with E-state index in [2.05, 4.69) is 48.5 Å². The van der Waals surface area contributed by atoms with Gasteiger partial charge in [-0.15, -0.1) is 0 Å². The second-order valence-corrected chi connectivity index (χ2v) is 9.65. The Hall–Kier alpha value is -4.04. The van der Waals surface area contributed by atoms with Crippen molar-refractivity contribution in [2.24, 2.45) is 0 Å². The fourth-order valence-electron chi connectivity index (χ4n) is 4.79. The number of hydrogen-bond acceptors (Lipinski definition) is 7. The van der Waals surface area contributed by atoms with Crippen molar-refractivity contribution >= 4 is 0 Å². The Balaban J connectivity index is 0.000000489. The number of hydrogen-bond donors (Lipinski definition) is 0. The van der Waals surface area contributed by atoms with Crippen LogP contribution >= 0.6 is 0 Å². The van der Waals surface area contributed by atoms with Crippen LogP contribution in [-0.2, 0) is 14.2 Å². The third-order valence-electron chi connectivity index (χ3n) is 7.10. The second kappa shape index (κ2) is 18.5. The molecule has 43 heavy (non-hydrogen) atoms. The van der Waals surface area contributed by atoms with Gasteiger partial charge in [0.1, 0.15) is 23.0 Å². The van der Waals surface area contributed by atoms with Gasteiger partial charge in [0.2, 0.25) is 0 Å². The highest BCUT2D eigenvalue weighted by Gasteiger charge is 2.28. The minimum Gasteiger partial charge on any atom is -0.497 e. The first kappa shape index (κ1) is 33.5. The minimum absolute atomic E-state index is 0.0543. The summed E-state index contributed by atoms with van der Waals surface area (Å²) >= 11 is 0. The normalized spacial score (nSPS) is 10.7. The summed E-state index contributed by atoms with van der Waals surface area (Å²) in [7, 11) is 10.1. The molecule has 230 valence electrons. The van der Waals surface area contributed by atoms with Gasteiger partial charge in [0.25, 0.3) is 0 Å². The van der Waals surface area contributed by atoms with Crippen molar-refractivity contribution in [1.29, 1.82) is 0 Å². The third kappa shape index (κ3) is 10.0. The van der Waals surface area contributed by atoms with Crippen LogP contribution in [0.1, 0.15) is 34.1 Å². The number of methoxy groups -OCH3 is 6. The first-order valence-electron chi connectivity index (χ1n) is 14.2. The molecule has 4 rings (SSSR count). The van der Waals surface area contributed by atoms with E-state index >= 15 is 0 Å². The zero-order valence-corrected chi connectivity index (χ0v) is 26.1. The van der Waals surface area contributed by atoms with Crippen LogP contribution in [0.3, 0.4) is 0 Å². The molecule has 0 atom stereocenters. The molecule has 0 aliphatic heterocycles. The Labute approximate surface area is 256 Å². The predicted molar refractivity (Wildman–Crippen MR) is 170 cm³/mol. The number of benzene rings is 4. The largest absolute Gasteiger partial charge is 0.497 e. The van der Waals surface area contributed by atoms with E-state index in [1.165, 1.54) is 22.3 Å². The van der Waals surface area contributed by atoms with Crippen molar-refractivity contribution in [2.45, 2.75) is 11.8 Å². The highest BCUT2D eigenvalue weighted by Crippen LogP contribution is 2.44. The molecule has 0 bridgehead atoms. The quantitative estimate of drug-likeness (QED) is 0.139. The summed E-state index contributed by atoms with van der Waals surface area (Å²) in [6.07, 6.45) is 0. The fourth-order valence-corrected chi connectivity index (χ4v) is 4.79. The Morgan fingerprint density at radius 3 is 0.767 bits per heavy atom. The lowest BCUT2D eigenvalue weighted by Gasteiger charge is -2.30. The average Bonchev–Trinajstić information content (AvgIpc) is 3.08. The number of rotatable bonds is 15. The molecule has 0 aliphatic carbocycles. The Morgan fingerprint density at radius 1 is 0.349 bits per heavy atom. The fraction of sp³-hybridized carbons (Fsp3) is 0.333. The maximum atomic E-state index is 5.42. The number of ether oxygens (including phenoxy) is 7. The smallest absolute Gasteiger partial charge is 0.118 e. The summed E-state index contributed by atoms with van der Waals surface area (Å²) in [5, 5.41) is 0. The van der Waals surface area contributed by atoms with Crippen LogP contribution in [0.2, 0.25) is 0 Å². The highest BCUT2D eigenvalue weighted by atomic mass is 16.5. The van der Waals surface area contributed by atoms with Crippen LogP contribution in [0.4, 0.5) is 0 Å². The summed E-state index contributed by atoms with van der Waals surface area (Å²) in [5.74, 6) is 3.45. The van der Waals surface area contributed by atoms with Gasteiger partial charge in [0.15, 0.2) is 0 Å². The molecule has 0 aromatic heterocycles. The SMILES string of the molecule is COCCOCCOC.COc1ccc(C(c2ccc(OC)cc2)C(c2ccc(OC)cc2)c2ccc(OC)cc2)cc1. The summed E-state index contributed by atoms with van der Waals surface area (Å²) in [6, 6.07) is 33.3. The summed E-state index contributed by atoms with van der Waals surface area (Å²) in [5.41, 5.74) is 4.79. The van der Waals surface area contributed by atoms with Crippen LogP contribution in [-0.4, -0.2) is 69.1 Å². The molecular weight excluding hydrogens is 544 g/mol. The molecule has 0 unspecified atom stereocenters. The van der Waals surface area contributed by atoms with E-state index in [1.54, 1.807) is 42.7 Å². The van der Waals surface area contributed by atoms with E-state index in [0.29, 0.717) is 26.4 Å². The van der Waals surface area contributed by atoms with Crippen LogP contribution in [0.15, 0.2) is 97.1 Å². The van der Waals surface area contributed by atoms with Gasteiger partial charge in [-0.25, -0.2) is 0 Å². The molecular formula is C36H44O7. The zero-order valence-electron chi connectivity index (χ0n) is 26.1. The van der Waals surface area contributed by atoms with E-state index in [0.717, 1.165) is 23.0 Å². The first-order chi connectivity index (χ1) is 21.1. The molecule has 0 amide bonds. The molecule has 4 aromatic rings. The molecule has 0 spiro atoms. The Bertz CT molecular complexity index is 1090. The maximum Gasteiger partial charge on any atom is 0.118 e. The van der Waals surface area contributed by atoms with E-state index in [1.807, 2.05) is 48.5 Å². The van der Waals surface area contributed by atoms with E-state index in [-0.39, 0.29) is 11.8 Å². The molecule has 0 radical (unpaired) electrons. The molecule has 4 aromatic carbocycles. The summed E-state index contributed by atoms with van der Waals surface area (Å²) < 4.78 is 36.3. The van der Waals surface area contributed by atoms with Crippen LogP contribution in [0.25, 0.3) is 0 Å². The highest BCUT2D eigenvalue weighted by molar-refractivity contribution is 5.48. The monoisotopic (exact) mass is 588 g/mol. The van der Waals surface area contributed by atoms with Crippen molar-refractivity contribution in [1.82, 2.24) is 0 Å². The third-order valence-corrected chi connectivity index (χ3v) is 7.10. The maximum absolute atomic E-state index is 5.42. The van der Waals surface area contributed by atoms with Gasteiger partial charge in [-0.05, 0) is 70.8 Å². The van der Waals surface area contributed by atoms with E-state index in [4.69, 9.17) is 33.2 Å². The van der Waals surface area contributed by atoms with Crippen LogP contribution in [0, 0.1) is 0 Å². The topological polar surface area (TPSA) is 64.6 Å². The van der Waals surface area contributed by atoms with Crippen LogP contribution < -0.4 is 18.9 Å². The standard InChI is InChI=1S/C30H30O4.C6H14O3/c1-31-25-13-5-21(6-14-25)29(22-7-15-26(32-2)16-8-22)30(23-9-17-27(33-3)18-10-23)24-11-19-28(34-4)20-12-24;1-7-3-5-9-6-4-8-2/h5-20,29-30H,1-4H3;3-6H2,1-2H3. The van der Waals surface area contributed by atoms with Crippen molar-refractivity contribution in [3.05, 3.63) is 119 Å². The molecule has 0 saturated carbocycles. The van der Waals surface area contributed by atoms with Crippen molar-refractivity contribution in [3.63, 3.8) is 0 Å². The van der Waals surface area contributed by atoms with Gasteiger partial charge in [0, 0.05) is 26.1 Å². The van der Waals surface area contributed by atoms with Gasteiger partial charge >= 0.3 is 0 Å². The Morgan fingerprint density at radius 2 is 0.581 bits per heavy atom. The van der Waals surface area contributed by atoms with Crippen molar-refractivity contribution in [2.75, 3.05) is 69.1 Å². The lowest BCUT2D eigenvalue weighted by molar-refractivity contribution is 0.0385. The minimum atomic E-state index is 0.0543. The van der Waals surface area contributed by atoms with Crippen molar-refractivity contribution in [3.8, 4) is 23.0 Å². The van der Waals surface area contributed by atoms with E-state index < -0.39 is 0 Å². The molecule has 0 fully saturated rings. The summed E-state index contributed by atoms with van der Waals surface area (Å²) in [4.78, 5) is 0. The van der Waals surface area contributed by atoms with Gasteiger partial charge < -0.3 is 33.2 Å². The molecule has 7 nitrogen and oxygen atoms in total. The van der Waals surface area contributed by atoms with Crippen molar-refractivity contribution < 1.29 is 33.2 Å². The lowest BCUT2D eigenvalue weighted by Crippen LogP contribution is -2.15. The summed E-state index contributed by atoms with van der Waals surface area (Å²) in [6.45, 7) is 2.62. The lowest BCUT2D eigenvalue weighted by atomic mass is 9.73. The predicted octanol–water partition coefficient (Wildman–Crippen LogP) is 6.98. The average molecular weight is 589 g/mol. The van der Waals surface area contributed by atoms with Gasteiger partial charge in [-0.1, -0.05) is 48.5 Å².